The summed E-state index contributed by atoms with van der Waals surface area (Å²) in [5.41, 5.74) is 1.72. The lowest BCUT2D eigenvalue weighted by molar-refractivity contribution is -0.0327. The second kappa shape index (κ2) is 5.63. The van der Waals surface area contributed by atoms with Crippen molar-refractivity contribution >= 4 is 23.3 Å². The van der Waals surface area contributed by atoms with E-state index in [-0.39, 0.29) is 35.4 Å². The largest absolute Gasteiger partial charge is 0.441 e. The van der Waals surface area contributed by atoms with Crippen LogP contribution in [-0.4, -0.2) is 22.8 Å². The highest BCUT2D eigenvalue weighted by Crippen LogP contribution is 2.29. The molecule has 0 atom stereocenters. The number of nitrogens with two attached hydrogens (primary N) is 1. The average molecular weight is 262 g/mol. The first-order valence-electron chi connectivity index (χ1n) is 4.52. The molecule has 0 aliphatic rings. The lowest BCUT2D eigenvalue weighted by Gasteiger charge is -2.08. The second-order valence-corrected chi connectivity index (χ2v) is 4.16. The van der Waals surface area contributed by atoms with Crippen LogP contribution in [0, 0.1) is 11.3 Å². The minimum atomic E-state index is -4.24. The maximum absolute atomic E-state index is 11.8. The Hall–Kier alpha value is -1.62. The van der Waals surface area contributed by atoms with Crippen LogP contribution in [0.5, 0.6) is 0 Å². The molecular weight excluding hydrogens is 253 g/mol. The van der Waals surface area contributed by atoms with Crippen molar-refractivity contribution in [1.82, 2.24) is 4.98 Å². The Labute approximate surface area is 100 Å². The van der Waals surface area contributed by atoms with E-state index in [1.165, 1.54) is 12.3 Å². The van der Waals surface area contributed by atoms with Crippen molar-refractivity contribution in [2.24, 2.45) is 0 Å². The van der Waals surface area contributed by atoms with Gasteiger partial charge in [0.15, 0.2) is 0 Å². The summed E-state index contributed by atoms with van der Waals surface area (Å²) in [5, 5.41) is 11.4. The fourth-order valence-corrected chi connectivity index (χ4v) is 1.48. The summed E-state index contributed by atoms with van der Waals surface area (Å²) in [6.07, 6.45) is 1.33. The number of nitriles is 1. The van der Waals surface area contributed by atoms with E-state index < -0.39 is 5.51 Å². The molecule has 0 fully saturated rings. The first-order valence-corrected chi connectivity index (χ1v) is 5.51. The first-order chi connectivity index (χ1) is 7.92. The molecule has 17 heavy (non-hydrogen) atoms. The predicted molar refractivity (Wildman–Crippen MR) is 60.4 cm³/mol. The number of nitrogens with zero attached hydrogens (tertiary/aromatic N) is 2. The molecule has 3 N–H and O–H groups in total. The van der Waals surface area contributed by atoms with E-state index in [4.69, 9.17) is 11.0 Å². The topological polar surface area (TPSA) is 74.7 Å². The van der Waals surface area contributed by atoms with Crippen LogP contribution in [-0.2, 0) is 0 Å². The van der Waals surface area contributed by atoms with Gasteiger partial charge in [0.05, 0.1) is 17.4 Å². The second-order valence-electron chi connectivity index (χ2n) is 3.00. The van der Waals surface area contributed by atoms with Crippen LogP contribution >= 0.6 is 11.8 Å². The number of pyridine rings is 1. The number of aromatic nitrogens is 1. The number of hydrogen-bond donors (Lipinski definition) is 2. The molecule has 1 rings (SSSR count). The van der Waals surface area contributed by atoms with Crippen LogP contribution < -0.4 is 11.1 Å². The van der Waals surface area contributed by atoms with Crippen LogP contribution in [0.1, 0.15) is 5.56 Å². The summed E-state index contributed by atoms with van der Waals surface area (Å²) in [4.78, 5) is 3.83. The van der Waals surface area contributed by atoms with E-state index in [9.17, 15) is 13.2 Å². The third-order valence-electron chi connectivity index (χ3n) is 1.69. The molecule has 92 valence electrons. The molecule has 0 aromatic carbocycles. The Bertz CT molecular complexity index is 427. The summed E-state index contributed by atoms with van der Waals surface area (Å²) >= 11 is -0.128. The maximum Gasteiger partial charge on any atom is 0.441 e. The van der Waals surface area contributed by atoms with Crippen LogP contribution in [0.25, 0.3) is 0 Å². The van der Waals surface area contributed by atoms with E-state index in [1.807, 2.05) is 6.07 Å². The van der Waals surface area contributed by atoms with Crippen molar-refractivity contribution in [1.29, 1.82) is 5.26 Å². The molecule has 0 saturated carbocycles. The zero-order chi connectivity index (χ0) is 12.9. The monoisotopic (exact) mass is 262 g/mol. The third kappa shape index (κ3) is 4.82. The lowest BCUT2D eigenvalue weighted by atomic mass is 10.2. The number of anilines is 2. The number of nitrogen functional groups attached to an aromatic ring is 1. The number of thioether (sulfide) groups is 1. The predicted octanol–water partition coefficient (Wildman–Crippen LogP) is 2.20. The van der Waals surface area contributed by atoms with Gasteiger partial charge < -0.3 is 11.1 Å². The molecule has 0 bridgehead atoms. The standard InChI is InChI=1S/C9H9F3N4S/c10-9(11,12)17-2-1-15-8-6(4-13)3-7(14)5-16-8/h3,5H,1-2,14H2,(H,15,16). The van der Waals surface area contributed by atoms with Gasteiger partial charge in [-0.1, -0.05) is 0 Å². The highest BCUT2D eigenvalue weighted by atomic mass is 32.2. The molecular formula is C9H9F3N4S. The van der Waals surface area contributed by atoms with Gasteiger partial charge in [-0.25, -0.2) is 4.98 Å². The molecule has 1 aromatic rings. The Morgan fingerprint density at radius 1 is 1.53 bits per heavy atom. The fourth-order valence-electron chi connectivity index (χ4n) is 1.04. The Morgan fingerprint density at radius 2 is 2.24 bits per heavy atom. The van der Waals surface area contributed by atoms with Crippen LogP contribution in [0.4, 0.5) is 24.7 Å². The molecule has 1 heterocycles. The van der Waals surface area contributed by atoms with Crippen molar-refractivity contribution in [2.75, 3.05) is 23.3 Å². The molecule has 0 aliphatic heterocycles. The van der Waals surface area contributed by atoms with E-state index in [2.05, 4.69) is 10.3 Å². The van der Waals surface area contributed by atoms with Crippen molar-refractivity contribution in [2.45, 2.75) is 5.51 Å². The molecule has 0 saturated heterocycles. The summed E-state index contributed by atoms with van der Waals surface area (Å²) in [6.45, 7) is 0.0653. The minimum Gasteiger partial charge on any atom is -0.397 e. The number of hydrogen-bond acceptors (Lipinski definition) is 5. The summed E-state index contributed by atoms with van der Waals surface area (Å²) in [6, 6.07) is 3.27. The molecule has 0 amide bonds. The van der Waals surface area contributed by atoms with E-state index >= 15 is 0 Å². The number of nitrogens with one attached hydrogen (secondary N) is 1. The number of halogens is 3. The highest BCUT2D eigenvalue weighted by Gasteiger charge is 2.27. The normalized spacial score (nSPS) is 10.9. The Balaban J connectivity index is 2.50. The average Bonchev–Trinajstić information content (AvgIpc) is 2.24. The minimum absolute atomic E-state index is 0.0653. The molecule has 0 spiro atoms. The van der Waals surface area contributed by atoms with Crippen molar-refractivity contribution in [3.8, 4) is 6.07 Å². The zero-order valence-corrected chi connectivity index (χ0v) is 9.40. The van der Waals surface area contributed by atoms with Gasteiger partial charge in [0, 0.05) is 12.3 Å². The summed E-state index contributed by atoms with van der Waals surface area (Å²) in [5.74, 6) is 0.0879. The number of alkyl halides is 3. The quantitative estimate of drug-likeness (QED) is 0.814. The molecule has 0 unspecified atom stereocenters. The van der Waals surface area contributed by atoms with Crippen molar-refractivity contribution < 1.29 is 13.2 Å². The smallest absolute Gasteiger partial charge is 0.397 e. The van der Waals surface area contributed by atoms with Gasteiger partial charge in [-0.15, -0.1) is 0 Å². The van der Waals surface area contributed by atoms with Gasteiger partial charge in [-0.2, -0.15) is 18.4 Å². The van der Waals surface area contributed by atoms with E-state index in [0.717, 1.165) is 0 Å². The van der Waals surface area contributed by atoms with Crippen molar-refractivity contribution in [3.05, 3.63) is 17.8 Å². The lowest BCUT2D eigenvalue weighted by Crippen LogP contribution is -2.11. The molecule has 4 nitrogen and oxygen atoms in total. The van der Waals surface area contributed by atoms with Gasteiger partial charge >= 0.3 is 5.51 Å². The van der Waals surface area contributed by atoms with E-state index in [1.54, 1.807) is 0 Å². The molecule has 1 aromatic heterocycles. The molecule has 0 aliphatic carbocycles. The van der Waals surface area contributed by atoms with Gasteiger partial charge in [-0.05, 0) is 17.8 Å². The Morgan fingerprint density at radius 3 is 2.82 bits per heavy atom. The fraction of sp³-hybridized carbons (Fsp3) is 0.333. The molecule has 8 heteroatoms. The summed E-state index contributed by atoms with van der Waals surface area (Å²) < 4.78 is 35.5. The van der Waals surface area contributed by atoms with Crippen LogP contribution in [0.3, 0.4) is 0 Å². The highest BCUT2D eigenvalue weighted by molar-refractivity contribution is 8.00. The van der Waals surface area contributed by atoms with Gasteiger partial charge in [-0.3, -0.25) is 0 Å². The van der Waals surface area contributed by atoms with Gasteiger partial charge in [0.25, 0.3) is 0 Å². The first kappa shape index (κ1) is 13.4. The zero-order valence-electron chi connectivity index (χ0n) is 8.58. The van der Waals surface area contributed by atoms with E-state index in [0.29, 0.717) is 5.69 Å². The SMILES string of the molecule is N#Cc1cc(N)cnc1NCCSC(F)(F)F. The van der Waals surface area contributed by atoms with Crippen LogP contribution in [0.2, 0.25) is 0 Å². The summed E-state index contributed by atoms with van der Waals surface area (Å²) in [7, 11) is 0. The third-order valence-corrected chi connectivity index (χ3v) is 2.43. The number of rotatable bonds is 4. The molecule has 0 radical (unpaired) electrons. The van der Waals surface area contributed by atoms with Gasteiger partial charge in [0.1, 0.15) is 11.9 Å². The Kier molecular flexibility index (Phi) is 4.45. The van der Waals surface area contributed by atoms with Crippen LogP contribution in [0.15, 0.2) is 12.3 Å². The maximum atomic E-state index is 11.8. The van der Waals surface area contributed by atoms with Crippen molar-refractivity contribution in [3.63, 3.8) is 0 Å². The van der Waals surface area contributed by atoms with Gasteiger partial charge in [0.2, 0.25) is 0 Å².